The Kier molecular flexibility index (Phi) is 9.27. The highest BCUT2D eigenvalue weighted by molar-refractivity contribution is 7.83. The fraction of sp³-hybridized carbons (Fsp3) is 1.00. The summed E-state index contributed by atoms with van der Waals surface area (Å²) in [4.78, 5) is 0. The van der Waals surface area contributed by atoms with Gasteiger partial charge in [0, 0.05) is 5.25 Å². The van der Waals surface area contributed by atoms with E-state index in [-0.39, 0.29) is 0 Å². The van der Waals surface area contributed by atoms with E-state index >= 15 is 0 Å². The van der Waals surface area contributed by atoms with Crippen LogP contribution in [0.2, 0.25) is 0 Å². The third kappa shape index (κ3) is 4.31. The summed E-state index contributed by atoms with van der Waals surface area (Å²) in [6.07, 6.45) is 0. The third-order valence-corrected chi connectivity index (χ3v) is 4.62. The Balaban J connectivity index is 4.02. The average Bonchev–Trinajstić information content (AvgIpc) is 2.09. The molecule has 0 atom stereocenters. The van der Waals surface area contributed by atoms with Gasteiger partial charge in [0.25, 0.3) is 0 Å². The van der Waals surface area contributed by atoms with E-state index in [4.69, 9.17) is 0 Å². The van der Waals surface area contributed by atoms with Gasteiger partial charge in [0.15, 0.2) is 0 Å². The van der Waals surface area contributed by atoms with Crippen LogP contribution in [-0.4, -0.2) is 28.3 Å². The van der Waals surface area contributed by atoms with Crippen LogP contribution in [0.5, 0.6) is 0 Å². The summed E-state index contributed by atoms with van der Waals surface area (Å²) in [5, 5.41) is 0.315. The molecule has 0 bridgehead atoms. The first-order valence-corrected chi connectivity index (χ1v) is 6.87. The predicted octanol–water partition coefficient (Wildman–Crippen LogP) is 2.24. The molecule has 0 aromatic heterocycles. The van der Waals surface area contributed by atoms with Crippen molar-refractivity contribution < 1.29 is 0 Å². The standard InChI is InChI=1S/C7H16S5/c8-1-5(2-9)7(12)6(3-10)4-11/h5-12H,1-4H2. The Bertz CT molecular complexity index is 88.0. The maximum absolute atomic E-state index is 4.54. The fourth-order valence-electron chi connectivity index (χ4n) is 0.932. The van der Waals surface area contributed by atoms with Crippen molar-refractivity contribution in [1.29, 1.82) is 0 Å². The Hall–Kier alpha value is 1.75. The van der Waals surface area contributed by atoms with Crippen molar-refractivity contribution in [2.45, 2.75) is 5.25 Å². The van der Waals surface area contributed by atoms with Gasteiger partial charge >= 0.3 is 0 Å². The molecule has 0 unspecified atom stereocenters. The largest absolute Gasteiger partial charge is 0.179 e. The zero-order valence-corrected chi connectivity index (χ0v) is 11.3. The van der Waals surface area contributed by atoms with Gasteiger partial charge in [0.1, 0.15) is 0 Å². The Morgan fingerprint density at radius 3 is 1.08 bits per heavy atom. The number of thiol groups is 5. The van der Waals surface area contributed by atoms with E-state index in [9.17, 15) is 0 Å². The van der Waals surface area contributed by atoms with Crippen LogP contribution in [0.4, 0.5) is 0 Å². The van der Waals surface area contributed by atoms with Crippen molar-refractivity contribution in [2.24, 2.45) is 11.8 Å². The molecule has 0 spiro atoms. The summed E-state index contributed by atoms with van der Waals surface area (Å²) < 4.78 is 0. The molecule has 0 aromatic rings. The van der Waals surface area contributed by atoms with Gasteiger partial charge in [-0.25, -0.2) is 0 Å². The van der Waals surface area contributed by atoms with Gasteiger partial charge in [-0.2, -0.15) is 63.1 Å². The molecule has 0 aliphatic heterocycles. The maximum Gasteiger partial charge on any atom is 0.0104 e. The molecule has 0 heterocycles. The molecule has 0 aliphatic carbocycles. The molecule has 0 aliphatic rings. The van der Waals surface area contributed by atoms with Gasteiger partial charge in [-0.3, -0.25) is 0 Å². The lowest BCUT2D eigenvalue weighted by Gasteiger charge is -2.26. The summed E-state index contributed by atoms with van der Waals surface area (Å²) in [6, 6.07) is 0. The Labute approximate surface area is 103 Å². The minimum Gasteiger partial charge on any atom is -0.179 e. The van der Waals surface area contributed by atoms with Crippen LogP contribution in [0, 0.1) is 11.8 Å². The molecule has 5 heteroatoms. The second-order valence-corrected chi connectivity index (χ2v) is 4.80. The third-order valence-electron chi connectivity index (χ3n) is 1.90. The minimum atomic E-state index is 0.315. The molecule has 0 saturated heterocycles. The quantitative estimate of drug-likeness (QED) is 0.445. The van der Waals surface area contributed by atoms with Crippen LogP contribution in [0.15, 0.2) is 0 Å². The van der Waals surface area contributed by atoms with Gasteiger partial charge in [0.05, 0.1) is 0 Å². The van der Waals surface area contributed by atoms with E-state index in [0.29, 0.717) is 17.1 Å². The van der Waals surface area contributed by atoms with E-state index in [1.54, 1.807) is 0 Å². The lowest BCUT2D eigenvalue weighted by atomic mass is 9.99. The predicted molar refractivity (Wildman–Crippen MR) is 75.2 cm³/mol. The summed E-state index contributed by atoms with van der Waals surface area (Å²) in [6.45, 7) is 0. The molecule has 0 nitrogen and oxygen atoms in total. The lowest BCUT2D eigenvalue weighted by molar-refractivity contribution is 0.516. The summed E-state index contributed by atoms with van der Waals surface area (Å²) >= 11 is 21.6. The van der Waals surface area contributed by atoms with E-state index in [0.717, 1.165) is 23.0 Å². The molecule has 0 radical (unpaired) electrons. The molecule has 0 amide bonds. The van der Waals surface area contributed by atoms with Crippen LogP contribution >= 0.6 is 63.1 Å². The SMILES string of the molecule is SCC(CS)C(S)C(CS)CS. The van der Waals surface area contributed by atoms with Crippen molar-refractivity contribution in [1.82, 2.24) is 0 Å². The van der Waals surface area contributed by atoms with Crippen molar-refractivity contribution in [3.63, 3.8) is 0 Å². The van der Waals surface area contributed by atoms with Crippen molar-refractivity contribution >= 4 is 63.1 Å². The highest BCUT2D eigenvalue weighted by Crippen LogP contribution is 2.23. The molecular weight excluding hydrogens is 244 g/mol. The minimum absolute atomic E-state index is 0.315. The number of rotatable bonds is 6. The summed E-state index contributed by atoms with van der Waals surface area (Å²) in [5.74, 6) is 4.21. The molecule has 12 heavy (non-hydrogen) atoms. The highest BCUT2D eigenvalue weighted by Gasteiger charge is 2.22. The van der Waals surface area contributed by atoms with E-state index in [1.807, 2.05) is 0 Å². The van der Waals surface area contributed by atoms with Gasteiger partial charge in [0.2, 0.25) is 0 Å². The second-order valence-electron chi connectivity index (χ2n) is 2.74. The molecule has 0 rings (SSSR count). The van der Waals surface area contributed by atoms with E-state index < -0.39 is 0 Å². The summed E-state index contributed by atoms with van der Waals surface area (Å²) in [5.41, 5.74) is 0. The average molecular weight is 261 g/mol. The Morgan fingerprint density at radius 2 is 0.917 bits per heavy atom. The molecule has 74 valence electrons. The lowest BCUT2D eigenvalue weighted by Crippen LogP contribution is -2.29. The van der Waals surface area contributed by atoms with Crippen molar-refractivity contribution in [3.8, 4) is 0 Å². The normalized spacial score (nSPS) is 12.0. The Morgan fingerprint density at radius 1 is 0.667 bits per heavy atom. The van der Waals surface area contributed by atoms with Crippen LogP contribution < -0.4 is 0 Å². The molecular formula is C7H16S5. The van der Waals surface area contributed by atoms with Crippen molar-refractivity contribution in [2.75, 3.05) is 23.0 Å². The van der Waals surface area contributed by atoms with Crippen LogP contribution in [0.25, 0.3) is 0 Å². The second kappa shape index (κ2) is 8.09. The maximum atomic E-state index is 4.54. The van der Waals surface area contributed by atoms with Gasteiger partial charge in [-0.15, -0.1) is 0 Å². The van der Waals surface area contributed by atoms with Gasteiger partial charge in [-0.1, -0.05) is 0 Å². The summed E-state index contributed by atoms with van der Waals surface area (Å²) in [7, 11) is 0. The van der Waals surface area contributed by atoms with Crippen LogP contribution in [-0.2, 0) is 0 Å². The fourth-order valence-corrected chi connectivity index (χ4v) is 3.85. The number of hydrogen-bond donors (Lipinski definition) is 5. The first-order chi connectivity index (χ1) is 5.71. The molecule has 0 fully saturated rings. The molecule has 0 N–H and O–H groups in total. The first kappa shape index (κ1) is 13.8. The van der Waals surface area contributed by atoms with Crippen LogP contribution in [0.1, 0.15) is 0 Å². The zero-order valence-electron chi connectivity index (χ0n) is 6.80. The first-order valence-electron chi connectivity index (χ1n) is 3.82. The van der Waals surface area contributed by atoms with Gasteiger partial charge < -0.3 is 0 Å². The zero-order chi connectivity index (χ0) is 9.56. The van der Waals surface area contributed by atoms with Crippen LogP contribution in [0.3, 0.4) is 0 Å². The topological polar surface area (TPSA) is 0 Å². The smallest absolute Gasteiger partial charge is 0.0104 e. The van der Waals surface area contributed by atoms with E-state index in [2.05, 4.69) is 63.1 Å². The van der Waals surface area contributed by atoms with Crippen molar-refractivity contribution in [3.05, 3.63) is 0 Å². The van der Waals surface area contributed by atoms with Gasteiger partial charge in [-0.05, 0) is 34.8 Å². The van der Waals surface area contributed by atoms with E-state index in [1.165, 1.54) is 0 Å². The monoisotopic (exact) mass is 260 g/mol. The number of hydrogen-bond acceptors (Lipinski definition) is 5. The highest BCUT2D eigenvalue weighted by atomic mass is 32.1. The molecule has 0 aromatic carbocycles. The molecule has 0 saturated carbocycles.